The van der Waals surface area contributed by atoms with Gasteiger partial charge >= 0.3 is 0 Å². The molecule has 0 heterocycles. The lowest BCUT2D eigenvalue weighted by molar-refractivity contribution is 1.15. The summed E-state index contributed by atoms with van der Waals surface area (Å²) in [5.74, 6) is 0. The largest absolute Gasteiger partial charge is 0.0991 e. The van der Waals surface area contributed by atoms with Crippen LogP contribution >= 0.6 is 0 Å². The number of hydrogen-bond donors (Lipinski definition) is 0. The molecule has 0 fully saturated rings. The molecule has 2 radical (unpaired) electrons. The highest BCUT2D eigenvalue weighted by Gasteiger charge is 1.77. The van der Waals surface area contributed by atoms with Gasteiger partial charge in [0.15, 0.2) is 0 Å². The lowest BCUT2D eigenvalue weighted by Gasteiger charge is -1.85. The van der Waals surface area contributed by atoms with Crippen LogP contribution in [-0.4, -0.2) is 0 Å². The predicted molar refractivity (Wildman–Crippen MR) is 36.4 cm³/mol. The molecule has 0 atom stereocenters. The van der Waals surface area contributed by atoms with Crippen LogP contribution in [0, 0.1) is 6.58 Å². The van der Waals surface area contributed by atoms with Gasteiger partial charge in [0.05, 0.1) is 0 Å². The highest BCUT2D eigenvalue weighted by molar-refractivity contribution is 5.15. The summed E-state index contributed by atoms with van der Waals surface area (Å²) in [7, 11) is 0. The minimum absolute atomic E-state index is 0.643. The van der Waals surface area contributed by atoms with E-state index in [2.05, 4.69) is 6.58 Å². The average molecular weight is 106 g/mol. The van der Waals surface area contributed by atoms with Crippen LogP contribution in [0.2, 0.25) is 0 Å². The van der Waals surface area contributed by atoms with Crippen LogP contribution in [0.4, 0.5) is 0 Å². The second-order valence-electron chi connectivity index (χ2n) is 1.47. The Kier molecular flexibility index (Phi) is 3.95. The molecule has 42 valence electrons. The summed E-state index contributed by atoms with van der Waals surface area (Å²) < 4.78 is 0. The van der Waals surface area contributed by atoms with E-state index in [1.807, 2.05) is 6.92 Å². The van der Waals surface area contributed by atoms with Gasteiger partial charge in [0.1, 0.15) is 0 Å². The highest BCUT2D eigenvalue weighted by atomic mass is 13.8. The van der Waals surface area contributed by atoms with Crippen molar-refractivity contribution in [3.05, 3.63) is 37.0 Å². The topological polar surface area (TPSA) is 0 Å². The Bertz CT molecular complexity index is 107. The van der Waals surface area contributed by atoms with Crippen molar-refractivity contribution in [2.24, 2.45) is 0 Å². The van der Waals surface area contributed by atoms with Gasteiger partial charge in [-0.1, -0.05) is 31.7 Å². The Balaban J connectivity index is 3.52. The second-order valence-corrected chi connectivity index (χ2v) is 1.47. The number of allylic oxidation sites excluding steroid dienone is 4. The van der Waals surface area contributed by atoms with Gasteiger partial charge in [-0.2, -0.15) is 0 Å². The Morgan fingerprint density at radius 2 is 2.38 bits per heavy atom. The van der Waals surface area contributed by atoms with Crippen LogP contribution in [0.25, 0.3) is 0 Å². The van der Waals surface area contributed by atoms with Crippen LogP contribution in [0.15, 0.2) is 30.4 Å². The second kappa shape index (κ2) is 4.38. The summed E-state index contributed by atoms with van der Waals surface area (Å²) in [6.07, 6.45) is 5.98. The minimum atomic E-state index is 0.643. The first-order chi connectivity index (χ1) is 3.81. The molecule has 0 heteroatoms. The van der Waals surface area contributed by atoms with E-state index in [1.54, 1.807) is 18.2 Å². The molecule has 0 aromatic heterocycles. The Labute approximate surface area is 51.2 Å². The molecule has 0 aliphatic heterocycles. The summed E-state index contributed by atoms with van der Waals surface area (Å²) in [6.45, 7) is 12.5. The first-order valence-corrected chi connectivity index (χ1v) is 2.67. The van der Waals surface area contributed by atoms with Gasteiger partial charge in [0.2, 0.25) is 0 Å². The molecule has 0 aliphatic carbocycles. The third kappa shape index (κ3) is 3.41. The van der Waals surface area contributed by atoms with Crippen molar-refractivity contribution in [2.45, 2.75) is 13.3 Å². The molecular weight excluding hydrogens is 96.1 g/mol. The summed E-state index contributed by atoms with van der Waals surface area (Å²) in [4.78, 5) is 0. The van der Waals surface area contributed by atoms with Gasteiger partial charge in [-0.25, -0.2) is 0 Å². The van der Waals surface area contributed by atoms with Crippen LogP contribution < -0.4 is 0 Å². The lowest BCUT2D eigenvalue weighted by Crippen LogP contribution is -1.66. The fourth-order valence-electron chi connectivity index (χ4n) is 0.302. The van der Waals surface area contributed by atoms with Crippen molar-refractivity contribution >= 4 is 0 Å². The molecule has 0 aromatic carbocycles. The molecule has 0 saturated carbocycles. The maximum atomic E-state index is 7.11. The van der Waals surface area contributed by atoms with Crippen molar-refractivity contribution in [1.82, 2.24) is 0 Å². The van der Waals surface area contributed by atoms with E-state index in [0.29, 0.717) is 5.57 Å². The molecule has 0 rings (SSSR count). The van der Waals surface area contributed by atoms with Crippen molar-refractivity contribution in [3.8, 4) is 0 Å². The monoisotopic (exact) mass is 106 g/mol. The zero-order valence-corrected chi connectivity index (χ0v) is 5.15. The highest BCUT2D eigenvalue weighted by Crippen LogP contribution is 1.96. The maximum Gasteiger partial charge on any atom is -0.00612 e. The molecular formula is C8H10. The van der Waals surface area contributed by atoms with Crippen molar-refractivity contribution < 1.29 is 0 Å². The number of rotatable bonds is 3. The van der Waals surface area contributed by atoms with E-state index in [0.717, 1.165) is 6.42 Å². The summed E-state index contributed by atoms with van der Waals surface area (Å²) >= 11 is 0. The van der Waals surface area contributed by atoms with E-state index in [4.69, 9.17) is 6.58 Å². The van der Waals surface area contributed by atoms with Crippen LogP contribution in [0.5, 0.6) is 0 Å². The molecule has 0 saturated heterocycles. The minimum Gasteiger partial charge on any atom is -0.0991 e. The smallest absolute Gasteiger partial charge is 0.00612 e. The predicted octanol–water partition coefficient (Wildman–Crippen LogP) is 2.37. The Morgan fingerprint density at radius 3 is 2.75 bits per heavy atom. The quantitative estimate of drug-likeness (QED) is 0.484. The lowest BCUT2D eigenvalue weighted by atomic mass is 10.2. The third-order valence-electron chi connectivity index (χ3n) is 0.814. The standard InChI is InChI=1S/C8H10/c1-4-6-7-8(3)5-2/h4,6-7H,1,5H2,2H3. The van der Waals surface area contributed by atoms with Gasteiger partial charge in [0.25, 0.3) is 0 Å². The van der Waals surface area contributed by atoms with E-state index in [9.17, 15) is 0 Å². The first-order valence-electron chi connectivity index (χ1n) is 2.67. The van der Waals surface area contributed by atoms with Gasteiger partial charge in [-0.3, -0.25) is 0 Å². The molecule has 0 bridgehead atoms. The molecule has 0 unspecified atom stereocenters. The fourth-order valence-corrected chi connectivity index (χ4v) is 0.302. The fraction of sp³-hybridized carbons (Fsp3) is 0.250. The SMILES string of the molecule is [C]=C(C=CC=C)CC. The normalized spacial score (nSPS) is 9.62. The average Bonchev–Trinajstić information content (AvgIpc) is 1.83. The molecule has 0 spiro atoms. The van der Waals surface area contributed by atoms with Gasteiger partial charge in [-0.05, 0) is 18.6 Å². The van der Waals surface area contributed by atoms with E-state index in [-0.39, 0.29) is 0 Å². The van der Waals surface area contributed by atoms with Crippen LogP contribution in [0.3, 0.4) is 0 Å². The molecule has 0 nitrogen and oxygen atoms in total. The van der Waals surface area contributed by atoms with Crippen LogP contribution in [-0.2, 0) is 0 Å². The van der Waals surface area contributed by atoms with Crippen molar-refractivity contribution in [2.75, 3.05) is 0 Å². The molecule has 0 amide bonds. The third-order valence-corrected chi connectivity index (χ3v) is 0.814. The molecule has 8 heavy (non-hydrogen) atoms. The maximum absolute atomic E-state index is 7.11. The Morgan fingerprint density at radius 1 is 1.75 bits per heavy atom. The zero-order valence-electron chi connectivity index (χ0n) is 5.15. The van der Waals surface area contributed by atoms with E-state index < -0.39 is 0 Å². The van der Waals surface area contributed by atoms with Gasteiger partial charge in [0, 0.05) is 0 Å². The van der Waals surface area contributed by atoms with Gasteiger partial charge in [-0.15, -0.1) is 0 Å². The summed E-state index contributed by atoms with van der Waals surface area (Å²) in [5.41, 5.74) is 0.643. The van der Waals surface area contributed by atoms with Gasteiger partial charge < -0.3 is 0 Å². The zero-order chi connectivity index (χ0) is 6.41. The summed E-state index contributed by atoms with van der Waals surface area (Å²) in [5, 5.41) is 0. The van der Waals surface area contributed by atoms with Crippen LogP contribution in [0.1, 0.15) is 13.3 Å². The molecule has 0 aromatic rings. The van der Waals surface area contributed by atoms with Crippen molar-refractivity contribution in [3.63, 3.8) is 0 Å². The number of hydrogen-bond acceptors (Lipinski definition) is 0. The van der Waals surface area contributed by atoms with E-state index in [1.165, 1.54) is 0 Å². The van der Waals surface area contributed by atoms with E-state index >= 15 is 0 Å². The Hall–Kier alpha value is -0.780. The first kappa shape index (κ1) is 7.22. The molecule has 0 aliphatic rings. The summed E-state index contributed by atoms with van der Waals surface area (Å²) in [6, 6.07) is 0. The van der Waals surface area contributed by atoms with Crippen molar-refractivity contribution in [1.29, 1.82) is 0 Å². The molecule has 0 N–H and O–H groups in total.